The van der Waals surface area contributed by atoms with Crippen molar-refractivity contribution in [3.8, 4) is 0 Å². The first-order valence-corrected chi connectivity index (χ1v) is 7.59. The average Bonchev–Trinajstić information content (AvgIpc) is 2.98. The summed E-state index contributed by atoms with van der Waals surface area (Å²) in [4.78, 5) is 10.9. The number of hydrogen-bond donors (Lipinski definition) is 2. The Morgan fingerprint density at radius 2 is 1.90 bits per heavy atom. The van der Waals surface area contributed by atoms with Crippen LogP contribution in [-0.2, 0) is 11.3 Å². The summed E-state index contributed by atoms with van der Waals surface area (Å²) < 4.78 is 0. The second-order valence-corrected chi connectivity index (χ2v) is 5.74. The standard InChI is InChI=1S/C16H19NO2S/c1-11(16(18)19)14-5-3-13(4-6-14)9-17-12(2)15-7-8-20-10-15/h3-8,10-12,17H,9H2,1-2H3,(H,18,19). The van der Waals surface area contributed by atoms with Crippen LogP contribution in [0.25, 0.3) is 0 Å². The van der Waals surface area contributed by atoms with Gasteiger partial charge in [0.25, 0.3) is 0 Å². The predicted molar refractivity (Wildman–Crippen MR) is 82.1 cm³/mol. The average molecular weight is 289 g/mol. The molecule has 0 radical (unpaired) electrons. The van der Waals surface area contributed by atoms with Gasteiger partial charge >= 0.3 is 5.97 Å². The van der Waals surface area contributed by atoms with Crippen molar-refractivity contribution in [2.75, 3.05) is 0 Å². The zero-order chi connectivity index (χ0) is 14.5. The van der Waals surface area contributed by atoms with Gasteiger partial charge < -0.3 is 10.4 Å². The van der Waals surface area contributed by atoms with Gasteiger partial charge in [0.15, 0.2) is 0 Å². The van der Waals surface area contributed by atoms with Gasteiger partial charge in [0.2, 0.25) is 0 Å². The lowest BCUT2D eigenvalue weighted by atomic mass is 10.00. The lowest BCUT2D eigenvalue weighted by molar-refractivity contribution is -0.138. The molecule has 0 aliphatic heterocycles. The third-order valence-electron chi connectivity index (χ3n) is 3.51. The van der Waals surface area contributed by atoms with Crippen molar-refractivity contribution >= 4 is 17.3 Å². The monoisotopic (exact) mass is 289 g/mol. The van der Waals surface area contributed by atoms with E-state index in [1.165, 1.54) is 5.56 Å². The smallest absolute Gasteiger partial charge is 0.310 e. The molecule has 20 heavy (non-hydrogen) atoms. The van der Waals surface area contributed by atoms with E-state index in [1.54, 1.807) is 18.3 Å². The molecule has 0 saturated heterocycles. The van der Waals surface area contributed by atoms with Gasteiger partial charge in [-0.25, -0.2) is 0 Å². The number of carboxylic acid groups (broad SMARTS) is 1. The van der Waals surface area contributed by atoms with Gasteiger partial charge in [0.1, 0.15) is 0 Å². The Kier molecular flexibility index (Phi) is 4.93. The minimum absolute atomic E-state index is 0.318. The molecule has 0 aliphatic carbocycles. The molecule has 3 nitrogen and oxygen atoms in total. The fourth-order valence-corrected chi connectivity index (χ4v) is 2.73. The van der Waals surface area contributed by atoms with Crippen LogP contribution in [0.3, 0.4) is 0 Å². The molecule has 2 unspecified atom stereocenters. The van der Waals surface area contributed by atoms with Crippen LogP contribution in [0, 0.1) is 0 Å². The number of aliphatic carboxylic acids is 1. The summed E-state index contributed by atoms with van der Waals surface area (Å²) >= 11 is 1.70. The van der Waals surface area contributed by atoms with Gasteiger partial charge in [-0.05, 0) is 47.4 Å². The largest absolute Gasteiger partial charge is 0.481 e. The first kappa shape index (κ1) is 14.8. The molecule has 106 valence electrons. The Bertz CT molecular complexity index is 548. The van der Waals surface area contributed by atoms with Crippen molar-refractivity contribution in [3.63, 3.8) is 0 Å². The van der Waals surface area contributed by atoms with E-state index in [9.17, 15) is 4.79 Å². The Balaban J connectivity index is 1.92. The molecule has 0 fully saturated rings. The minimum atomic E-state index is -0.790. The Hall–Kier alpha value is -1.65. The molecule has 4 heteroatoms. The van der Waals surface area contributed by atoms with Crippen molar-refractivity contribution in [1.29, 1.82) is 0 Å². The van der Waals surface area contributed by atoms with Crippen molar-refractivity contribution in [2.24, 2.45) is 0 Å². The number of carboxylic acids is 1. The van der Waals surface area contributed by atoms with Gasteiger partial charge in [-0.2, -0.15) is 11.3 Å². The molecule has 2 atom stereocenters. The van der Waals surface area contributed by atoms with Crippen LogP contribution in [-0.4, -0.2) is 11.1 Å². The van der Waals surface area contributed by atoms with Gasteiger partial charge in [-0.1, -0.05) is 24.3 Å². The lowest BCUT2D eigenvalue weighted by Crippen LogP contribution is -2.17. The van der Waals surface area contributed by atoms with Crippen LogP contribution in [0.4, 0.5) is 0 Å². The molecule has 0 amide bonds. The third-order valence-corrected chi connectivity index (χ3v) is 4.21. The first-order chi connectivity index (χ1) is 9.58. The second-order valence-electron chi connectivity index (χ2n) is 4.96. The van der Waals surface area contributed by atoms with Crippen molar-refractivity contribution in [1.82, 2.24) is 5.32 Å². The van der Waals surface area contributed by atoms with Crippen molar-refractivity contribution in [2.45, 2.75) is 32.4 Å². The van der Waals surface area contributed by atoms with Crippen molar-refractivity contribution in [3.05, 3.63) is 57.8 Å². The zero-order valence-electron chi connectivity index (χ0n) is 11.7. The fraction of sp³-hybridized carbons (Fsp3) is 0.312. The van der Waals surface area contributed by atoms with E-state index in [0.29, 0.717) is 6.04 Å². The zero-order valence-corrected chi connectivity index (χ0v) is 12.5. The van der Waals surface area contributed by atoms with E-state index >= 15 is 0 Å². The first-order valence-electron chi connectivity index (χ1n) is 6.65. The van der Waals surface area contributed by atoms with Gasteiger partial charge in [-0.15, -0.1) is 0 Å². The quantitative estimate of drug-likeness (QED) is 0.850. The summed E-state index contributed by atoms with van der Waals surface area (Å²) in [7, 11) is 0. The van der Waals surface area contributed by atoms with Crippen LogP contribution >= 0.6 is 11.3 Å². The normalized spacial score (nSPS) is 13.9. The molecule has 2 aromatic rings. The summed E-state index contributed by atoms with van der Waals surface area (Å²) in [6.45, 7) is 4.62. The van der Waals surface area contributed by atoms with Crippen LogP contribution in [0.2, 0.25) is 0 Å². The summed E-state index contributed by atoms with van der Waals surface area (Å²) in [6.07, 6.45) is 0. The highest BCUT2D eigenvalue weighted by atomic mass is 32.1. The SMILES string of the molecule is CC(NCc1ccc(C(C)C(=O)O)cc1)c1ccsc1. The molecular weight excluding hydrogens is 270 g/mol. The molecule has 1 aromatic carbocycles. The molecule has 0 saturated carbocycles. The molecule has 0 spiro atoms. The van der Waals surface area contributed by atoms with E-state index < -0.39 is 11.9 Å². The van der Waals surface area contributed by atoms with Gasteiger partial charge in [0.05, 0.1) is 5.92 Å². The van der Waals surface area contributed by atoms with Crippen LogP contribution < -0.4 is 5.32 Å². The highest BCUT2D eigenvalue weighted by Crippen LogP contribution is 2.18. The Morgan fingerprint density at radius 1 is 1.20 bits per heavy atom. The Morgan fingerprint density at radius 3 is 2.45 bits per heavy atom. The highest BCUT2D eigenvalue weighted by Gasteiger charge is 2.13. The molecule has 1 aromatic heterocycles. The van der Waals surface area contributed by atoms with E-state index in [2.05, 4.69) is 29.1 Å². The number of carbonyl (C=O) groups is 1. The lowest BCUT2D eigenvalue weighted by Gasteiger charge is -2.13. The third kappa shape index (κ3) is 3.68. The van der Waals surface area contributed by atoms with Crippen molar-refractivity contribution < 1.29 is 9.90 Å². The number of hydrogen-bond acceptors (Lipinski definition) is 3. The van der Waals surface area contributed by atoms with E-state index in [1.807, 2.05) is 24.3 Å². The van der Waals surface area contributed by atoms with Crippen LogP contribution in [0.1, 0.15) is 42.5 Å². The summed E-state index contributed by atoms with van der Waals surface area (Å²) in [5.41, 5.74) is 3.30. The summed E-state index contributed by atoms with van der Waals surface area (Å²) in [5, 5.41) is 16.7. The van der Waals surface area contributed by atoms with Crippen LogP contribution in [0.5, 0.6) is 0 Å². The topological polar surface area (TPSA) is 49.3 Å². The number of nitrogens with one attached hydrogen (secondary N) is 1. The number of benzene rings is 1. The number of thiophene rings is 1. The van der Waals surface area contributed by atoms with Crippen LogP contribution in [0.15, 0.2) is 41.1 Å². The second kappa shape index (κ2) is 6.68. The number of rotatable bonds is 6. The molecule has 0 aliphatic rings. The maximum atomic E-state index is 10.9. The molecule has 0 bridgehead atoms. The van der Waals surface area contributed by atoms with E-state index in [4.69, 9.17) is 5.11 Å². The summed E-state index contributed by atoms with van der Waals surface area (Å²) in [5.74, 6) is -1.25. The fourth-order valence-electron chi connectivity index (χ4n) is 1.98. The summed E-state index contributed by atoms with van der Waals surface area (Å²) in [6, 6.07) is 10.2. The molecule has 2 N–H and O–H groups in total. The molecular formula is C16H19NO2S. The maximum Gasteiger partial charge on any atom is 0.310 e. The maximum absolute atomic E-state index is 10.9. The van der Waals surface area contributed by atoms with E-state index in [0.717, 1.165) is 17.7 Å². The highest BCUT2D eigenvalue weighted by molar-refractivity contribution is 7.07. The molecule has 2 rings (SSSR count). The minimum Gasteiger partial charge on any atom is -0.481 e. The van der Waals surface area contributed by atoms with Gasteiger partial charge in [-0.3, -0.25) is 4.79 Å². The van der Waals surface area contributed by atoms with Gasteiger partial charge in [0, 0.05) is 12.6 Å². The Labute approximate surface area is 123 Å². The molecule has 1 heterocycles. The predicted octanol–water partition coefficient (Wildman–Crippen LogP) is 3.79. The van der Waals surface area contributed by atoms with E-state index in [-0.39, 0.29) is 0 Å².